The molecule has 2 N–H and O–H groups in total. The van der Waals surface area contributed by atoms with Crippen molar-refractivity contribution in [3.63, 3.8) is 0 Å². The normalized spacial score (nSPS) is 11.4. The fourth-order valence-electron chi connectivity index (χ4n) is 1.67. The lowest BCUT2D eigenvalue weighted by molar-refractivity contribution is 0.0994. The van der Waals surface area contributed by atoms with Crippen molar-refractivity contribution < 1.29 is 4.79 Å². The van der Waals surface area contributed by atoms with Crippen molar-refractivity contribution in [2.24, 2.45) is 11.7 Å². The first kappa shape index (κ1) is 14.6. The van der Waals surface area contributed by atoms with Gasteiger partial charge in [-0.05, 0) is 32.9 Å². The van der Waals surface area contributed by atoms with Crippen LogP contribution in [-0.2, 0) is 13.0 Å². The lowest BCUT2D eigenvalue weighted by Gasteiger charge is -2.12. The maximum Gasteiger partial charge on any atom is 0.271 e. The van der Waals surface area contributed by atoms with Crippen LogP contribution in [-0.4, -0.2) is 46.4 Å². The topological polar surface area (TPSA) is 77.0 Å². The van der Waals surface area contributed by atoms with Gasteiger partial charge in [0.15, 0.2) is 5.69 Å². The predicted octanol–water partition coefficient (Wildman–Crippen LogP) is 0.527. The van der Waals surface area contributed by atoms with Gasteiger partial charge in [0.05, 0.1) is 12.2 Å². The van der Waals surface area contributed by atoms with E-state index >= 15 is 0 Å². The van der Waals surface area contributed by atoms with Crippen LogP contribution in [0.2, 0.25) is 0 Å². The minimum Gasteiger partial charge on any atom is -0.364 e. The summed E-state index contributed by atoms with van der Waals surface area (Å²) in [7, 11) is 4.00. The van der Waals surface area contributed by atoms with Crippen LogP contribution in [0.5, 0.6) is 0 Å². The van der Waals surface area contributed by atoms with Crippen LogP contribution in [0.25, 0.3) is 0 Å². The third kappa shape index (κ3) is 4.10. The maximum atomic E-state index is 11.3. The van der Waals surface area contributed by atoms with E-state index in [9.17, 15) is 4.79 Å². The number of nitrogens with zero attached hydrogens (tertiary/aromatic N) is 4. The van der Waals surface area contributed by atoms with Gasteiger partial charge in [-0.15, -0.1) is 5.10 Å². The summed E-state index contributed by atoms with van der Waals surface area (Å²) in [5.41, 5.74) is 6.50. The second-order valence-corrected chi connectivity index (χ2v) is 5.21. The Bertz CT molecular complexity index is 397. The van der Waals surface area contributed by atoms with Gasteiger partial charge in [0.2, 0.25) is 0 Å². The summed E-state index contributed by atoms with van der Waals surface area (Å²) in [5.74, 6) is 0.0767. The summed E-state index contributed by atoms with van der Waals surface area (Å²) in [4.78, 5) is 13.4. The molecule has 0 aliphatic heterocycles. The first-order chi connectivity index (χ1) is 8.41. The molecule has 0 bridgehead atoms. The fraction of sp³-hybridized carbons (Fsp3) is 0.750. The van der Waals surface area contributed by atoms with Crippen molar-refractivity contribution >= 4 is 5.91 Å². The van der Waals surface area contributed by atoms with Gasteiger partial charge in [0, 0.05) is 6.54 Å². The minimum atomic E-state index is -0.496. The maximum absolute atomic E-state index is 11.3. The molecule has 1 aromatic heterocycles. The smallest absolute Gasteiger partial charge is 0.271 e. The van der Waals surface area contributed by atoms with Crippen LogP contribution in [0.4, 0.5) is 0 Å². The molecule has 0 aromatic carbocycles. The molecular weight excluding hydrogens is 230 g/mol. The van der Waals surface area contributed by atoms with E-state index in [1.807, 2.05) is 14.1 Å². The average molecular weight is 253 g/mol. The molecular formula is C12H23N5O. The molecule has 6 nitrogen and oxygen atoms in total. The minimum absolute atomic E-state index is 0.314. The number of likely N-dealkylation sites (N-methyl/N-ethyl adjacent to an activating group) is 1. The summed E-state index contributed by atoms with van der Waals surface area (Å²) in [6, 6.07) is 0. The third-order valence-electron chi connectivity index (χ3n) is 2.79. The summed E-state index contributed by atoms with van der Waals surface area (Å²) in [6.07, 6.45) is 1.78. The molecule has 0 aliphatic carbocycles. The highest BCUT2D eigenvalue weighted by Crippen LogP contribution is 2.12. The van der Waals surface area contributed by atoms with Crippen LogP contribution in [0.3, 0.4) is 0 Å². The van der Waals surface area contributed by atoms with Gasteiger partial charge < -0.3 is 10.6 Å². The number of hydrogen-bond acceptors (Lipinski definition) is 4. The van der Waals surface area contributed by atoms with Crippen LogP contribution < -0.4 is 5.73 Å². The molecule has 0 saturated carbocycles. The van der Waals surface area contributed by atoms with Gasteiger partial charge in [-0.2, -0.15) is 0 Å². The Hall–Kier alpha value is -1.43. The molecule has 1 heterocycles. The van der Waals surface area contributed by atoms with Crippen molar-refractivity contribution in [2.75, 3.05) is 20.6 Å². The first-order valence-electron chi connectivity index (χ1n) is 6.28. The lowest BCUT2D eigenvalue weighted by atomic mass is 10.1. The standard InChI is InChI=1S/C12H23N5O/c1-9(2)5-6-10-11(12(13)18)14-15-17(10)8-7-16(3)4/h9H,5-8H2,1-4H3,(H2,13,18). The van der Waals surface area contributed by atoms with Crippen LogP contribution in [0.15, 0.2) is 0 Å². The van der Waals surface area contributed by atoms with Crippen molar-refractivity contribution in [1.29, 1.82) is 0 Å². The average Bonchev–Trinajstić information content (AvgIpc) is 2.66. The number of amides is 1. The van der Waals surface area contributed by atoms with Crippen molar-refractivity contribution in [3.8, 4) is 0 Å². The molecule has 0 spiro atoms. The lowest BCUT2D eigenvalue weighted by Crippen LogP contribution is -2.21. The van der Waals surface area contributed by atoms with E-state index in [4.69, 9.17) is 5.73 Å². The Morgan fingerprint density at radius 1 is 1.44 bits per heavy atom. The molecule has 1 rings (SSSR count). The summed E-state index contributed by atoms with van der Waals surface area (Å²) in [6.45, 7) is 5.88. The highest BCUT2D eigenvalue weighted by Gasteiger charge is 2.17. The first-order valence-corrected chi connectivity index (χ1v) is 6.28. The molecule has 1 amide bonds. The SMILES string of the molecule is CC(C)CCc1c(C(N)=O)nnn1CCN(C)C. The Morgan fingerprint density at radius 3 is 2.61 bits per heavy atom. The number of aromatic nitrogens is 3. The van der Waals surface area contributed by atoms with Crippen LogP contribution in [0, 0.1) is 5.92 Å². The van der Waals surface area contributed by atoms with E-state index in [0.29, 0.717) is 11.6 Å². The molecule has 0 saturated heterocycles. The van der Waals surface area contributed by atoms with E-state index in [0.717, 1.165) is 31.6 Å². The molecule has 0 fully saturated rings. The van der Waals surface area contributed by atoms with Gasteiger partial charge in [-0.25, -0.2) is 4.68 Å². The Labute approximate surface area is 108 Å². The summed E-state index contributed by atoms with van der Waals surface area (Å²) >= 11 is 0. The monoisotopic (exact) mass is 253 g/mol. The largest absolute Gasteiger partial charge is 0.364 e. The predicted molar refractivity (Wildman–Crippen MR) is 70.3 cm³/mol. The zero-order valence-electron chi connectivity index (χ0n) is 11.7. The van der Waals surface area contributed by atoms with Crippen molar-refractivity contribution in [1.82, 2.24) is 19.9 Å². The Balaban J connectivity index is 2.85. The van der Waals surface area contributed by atoms with Gasteiger partial charge in [0.1, 0.15) is 0 Å². The number of rotatable bonds is 7. The molecule has 0 atom stereocenters. The molecule has 6 heteroatoms. The highest BCUT2D eigenvalue weighted by molar-refractivity contribution is 5.91. The van der Waals surface area contributed by atoms with Gasteiger partial charge in [-0.1, -0.05) is 19.1 Å². The molecule has 102 valence electrons. The van der Waals surface area contributed by atoms with Crippen molar-refractivity contribution in [3.05, 3.63) is 11.4 Å². The van der Waals surface area contributed by atoms with E-state index in [1.165, 1.54) is 0 Å². The third-order valence-corrected chi connectivity index (χ3v) is 2.79. The number of primary amides is 1. The molecule has 1 aromatic rings. The fourth-order valence-corrected chi connectivity index (χ4v) is 1.67. The number of carbonyl (C=O) groups excluding carboxylic acids is 1. The second-order valence-electron chi connectivity index (χ2n) is 5.21. The molecule has 0 unspecified atom stereocenters. The van der Waals surface area contributed by atoms with Crippen LogP contribution in [0.1, 0.15) is 36.5 Å². The Kier molecular flexibility index (Phi) is 5.27. The Morgan fingerprint density at radius 2 is 2.11 bits per heavy atom. The van der Waals surface area contributed by atoms with E-state index in [-0.39, 0.29) is 0 Å². The number of nitrogens with two attached hydrogens (primary N) is 1. The molecule has 0 aliphatic rings. The van der Waals surface area contributed by atoms with Crippen LogP contribution >= 0.6 is 0 Å². The zero-order chi connectivity index (χ0) is 13.7. The zero-order valence-corrected chi connectivity index (χ0v) is 11.7. The van der Waals surface area contributed by atoms with Crippen molar-refractivity contribution in [2.45, 2.75) is 33.2 Å². The van der Waals surface area contributed by atoms with Gasteiger partial charge in [-0.3, -0.25) is 4.79 Å². The van der Waals surface area contributed by atoms with Gasteiger partial charge >= 0.3 is 0 Å². The van der Waals surface area contributed by atoms with E-state index in [1.54, 1.807) is 4.68 Å². The quantitative estimate of drug-likeness (QED) is 0.769. The molecule has 18 heavy (non-hydrogen) atoms. The summed E-state index contributed by atoms with van der Waals surface area (Å²) in [5, 5.41) is 7.92. The number of hydrogen-bond donors (Lipinski definition) is 1. The summed E-state index contributed by atoms with van der Waals surface area (Å²) < 4.78 is 1.79. The molecule has 0 radical (unpaired) electrons. The number of carbonyl (C=O) groups is 1. The van der Waals surface area contributed by atoms with Gasteiger partial charge in [0.25, 0.3) is 5.91 Å². The second kappa shape index (κ2) is 6.49. The van der Waals surface area contributed by atoms with E-state index in [2.05, 4.69) is 29.1 Å². The van der Waals surface area contributed by atoms with E-state index < -0.39 is 5.91 Å². The highest BCUT2D eigenvalue weighted by atomic mass is 16.1.